The predicted octanol–water partition coefficient (Wildman–Crippen LogP) is 4.04. The molecule has 37 heavy (non-hydrogen) atoms. The highest BCUT2D eigenvalue weighted by Gasteiger charge is 2.39. The van der Waals surface area contributed by atoms with E-state index >= 15 is 0 Å². The molecule has 2 aromatic carbocycles. The molecule has 0 aromatic heterocycles. The van der Waals surface area contributed by atoms with Crippen LogP contribution in [0.5, 0.6) is 0 Å². The van der Waals surface area contributed by atoms with E-state index in [-0.39, 0.29) is 36.2 Å². The van der Waals surface area contributed by atoms with Crippen LogP contribution < -0.4 is 5.32 Å². The van der Waals surface area contributed by atoms with Crippen molar-refractivity contribution in [3.8, 4) is 0 Å². The highest BCUT2D eigenvalue weighted by atomic mass is 32.2. The SMILES string of the molecule is CC(=O)Nc1ccc(S(=O)(=O)N(CC(C)C)C[C@@H](O)[C@H](Cc2ccccc2)N(C(=O)O)C(C)(C)C)cc1. The van der Waals surface area contributed by atoms with E-state index in [1.165, 1.54) is 40.4 Å². The lowest BCUT2D eigenvalue weighted by atomic mass is 9.94. The first kappa shape index (κ1) is 30.3. The van der Waals surface area contributed by atoms with Crippen LogP contribution in [0, 0.1) is 5.92 Å². The highest BCUT2D eigenvalue weighted by Crippen LogP contribution is 2.26. The third kappa shape index (κ3) is 8.55. The molecule has 2 atom stereocenters. The summed E-state index contributed by atoms with van der Waals surface area (Å²) in [4.78, 5) is 24.8. The van der Waals surface area contributed by atoms with E-state index in [9.17, 15) is 28.2 Å². The maximum absolute atomic E-state index is 13.6. The zero-order valence-electron chi connectivity index (χ0n) is 22.4. The molecule has 10 heteroatoms. The zero-order chi connectivity index (χ0) is 28.0. The molecule has 2 amide bonds. The van der Waals surface area contributed by atoms with Gasteiger partial charge in [-0.05, 0) is 62.9 Å². The van der Waals surface area contributed by atoms with Gasteiger partial charge in [-0.2, -0.15) is 4.31 Å². The molecule has 0 saturated carbocycles. The number of sulfonamides is 1. The summed E-state index contributed by atoms with van der Waals surface area (Å²) in [5.41, 5.74) is 0.453. The molecule has 0 aliphatic rings. The number of hydrogen-bond donors (Lipinski definition) is 3. The Morgan fingerprint density at radius 3 is 2.00 bits per heavy atom. The number of aliphatic hydroxyl groups is 1. The van der Waals surface area contributed by atoms with Gasteiger partial charge in [0.25, 0.3) is 0 Å². The number of nitrogens with zero attached hydrogens (tertiary/aromatic N) is 2. The Labute approximate surface area is 220 Å². The molecule has 0 aliphatic heterocycles. The van der Waals surface area contributed by atoms with Crippen molar-refractivity contribution in [2.45, 2.75) is 70.5 Å². The minimum absolute atomic E-state index is 0.0139. The Bertz CT molecular complexity index is 1140. The van der Waals surface area contributed by atoms with Crippen LogP contribution in [0.15, 0.2) is 59.5 Å². The lowest BCUT2D eigenvalue weighted by Crippen LogP contribution is -2.58. The number of anilines is 1. The highest BCUT2D eigenvalue weighted by molar-refractivity contribution is 7.89. The minimum Gasteiger partial charge on any atom is -0.465 e. The molecular weight excluding hydrogens is 494 g/mol. The molecule has 0 saturated heterocycles. The lowest BCUT2D eigenvalue weighted by Gasteiger charge is -2.42. The van der Waals surface area contributed by atoms with Gasteiger partial charge in [-0.1, -0.05) is 44.2 Å². The number of benzene rings is 2. The predicted molar refractivity (Wildman–Crippen MR) is 144 cm³/mol. The Balaban J connectivity index is 2.45. The molecule has 0 heterocycles. The monoisotopic (exact) mass is 533 g/mol. The number of carbonyl (C=O) groups excluding carboxylic acids is 1. The molecule has 0 fully saturated rings. The summed E-state index contributed by atoms with van der Waals surface area (Å²) in [7, 11) is -4.03. The van der Waals surface area contributed by atoms with Crippen LogP contribution >= 0.6 is 0 Å². The zero-order valence-corrected chi connectivity index (χ0v) is 23.2. The Morgan fingerprint density at radius 1 is 0.973 bits per heavy atom. The van der Waals surface area contributed by atoms with Gasteiger partial charge in [0.05, 0.1) is 17.0 Å². The van der Waals surface area contributed by atoms with Crippen LogP contribution in [-0.2, 0) is 21.2 Å². The number of nitrogens with one attached hydrogen (secondary N) is 1. The van der Waals surface area contributed by atoms with E-state index < -0.39 is 33.8 Å². The van der Waals surface area contributed by atoms with Crippen LogP contribution in [0.2, 0.25) is 0 Å². The number of carboxylic acid groups (broad SMARTS) is 1. The van der Waals surface area contributed by atoms with Gasteiger partial charge in [0, 0.05) is 31.2 Å². The average molecular weight is 534 g/mol. The van der Waals surface area contributed by atoms with E-state index in [4.69, 9.17) is 0 Å². The standard InChI is InChI=1S/C27H39N3O6S/c1-19(2)17-29(37(35,36)23-14-12-22(13-15-23)28-20(3)31)18-25(32)24(16-21-10-8-7-9-11-21)30(26(33)34)27(4,5)6/h7-15,19,24-25,32H,16-18H2,1-6H3,(H,28,31)(H,33,34)/t24-,25+/m0/s1. The summed E-state index contributed by atoms with van der Waals surface area (Å²) in [5, 5.41) is 24.1. The van der Waals surface area contributed by atoms with E-state index in [1.807, 2.05) is 44.2 Å². The molecule has 9 nitrogen and oxygen atoms in total. The quantitative estimate of drug-likeness (QED) is 0.400. The van der Waals surface area contributed by atoms with Crippen LogP contribution in [0.3, 0.4) is 0 Å². The van der Waals surface area contributed by atoms with Crippen molar-refractivity contribution in [3.63, 3.8) is 0 Å². The number of hydrogen-bond acceptors (Lipinski definition) is 5. The van der Waals surface area contributed by atoms with Gasteiger partial charge in [-0.25, -0.2) is 13.2 Å². The van der Waals surface area contributed by atoms with Crippen molar-refractivity contribution < 1.29 is 28.2 Å². The van der Waals surface area contributed by atoms with Crippen LogP contribution in [0.1, 0.15) is 47.1 Å². The molecular formula is C27H39N3O6S. The summed E-state index contributed by atoms with van der Waals surface area (Å²) in [6.07, 6.45) is -2.28. The van der Waals surface area contributed by atoms with Crippen LogP contribution in [0.25, 0.3) is 0 Å². The fraction of sp³-hybridized carbons (Fsp3) is 0.481. The number of aliphatic hydroxyl groups excluding tert-OH is 1. The topological polar surface area (TPSA) is 127 Å². The second-order valence-electron chi connectivity index (χ2n) is 10.6. The first-order valence-electron chi connectivity index (χ1n) is 12.2. The van der Waals surface area contributed by atoms with Crippen LogP contribution in [0.4, 0.5) is 10.5 Å². The van der Waals surface area contributed by atoms with Crippen molar-refractivity contribution in [1.82, 2.24) is 9.21 Å². The van der Waals surface area contributed by atoms with Gasteiger partial charge in [0.1, 0.15) is 0 Å². The smallest absolute Gasteiger partial charge is 0.408 e. The van der Waals surface area contributed by atoms with Gasteiger partial charge in [0.15, 0.2) is 0 Å². The molecule has 0 aliphatic carbocycles. The second-order valence-corrected chi connectivity index (χ2v) is 12.5. The van der Waals surface area contributed by atoms with E-state index in [0.717, 1.165) is 5.56 Å². The Kier molecular flexibility index (Phi) is 10.3. The van der Waals surface area contributed by atoms with Gasteiger partial charge in [-0.15, -0.1) is 0 Å². The number of carbonyl (C=O) groups is 2. The number of amides is 2. The van der Waals surface area contributed by atoms with Crippen molar-refractivity contribution in [2.75, 3.05) is 18.4 Å². The average Bonchev–Trinajstić information content (AvgIpc) is 2.77. The van der Waals surface area contributed by atoms with Crippen molar-refractivity contribution in [1.29, 1.82) is 0 Å². The third-order valence-electron chi connectivity index (χ3n) is 5.76. The summed E-state index contributed by atoms with van der Waals surface area (Å²) >= 11 is 0. The lowest BCUT2D eigenvalue weighted by molar-refractivity contribution is -0.114. The summed E-state index contributed by atoms with van der Waals surface area (Å²) in [6, 6.07) is 14.1. The maximum Gasteiger partial charge on any atom is 0.408 e. The molecule has 0 unspecified atom stereocenters. The fourth-order valence-corrected chi connectivity index (χ4v) is 5.87. The summed E-state index contributed by atoms with van der Waals surface area (Å²) in [5.74, 6) is -0.321. The second kappa shape index (κ2) is 12.5. The third-order valence-corrected chi connectivity index (χ3v) is 7.61. The molecule has 3 N–H and O–H groups in total. The Morgan fingerprint density at radius 2 is 1.54 bits per heavy atom. The maximum atomic E-state index is 13.6. The van der Waals surface area contributed by atoms with Crippen molar-refractivity contribution >= 4 is 27.7 Å². The molecule has 0 radical (unpaired) electrons. The summed E-state index contributed by atoms with van der Waals surface area (Å²) in [6.45, 7) is 10.2. The van der Waals surface area contributed by atoms with Gasteiger partial charge >= 0.3 is 6.09 Å². The first-order chi connectivity index (χ1) is 17.1. The summed E-state index contributed by atoms with van der Waals surface area (Å²) < 4.78 is 28.4. The fourth-order valence-electron chi connectivity index (χ4n) is 4.25. The molecule has 0 spiro atoms. The molecule has 204 valence electrons. The van der Waals surface area contributed by atoms with Crippen molar-refractivity contribution in [2.24, 2.45) is 5.92 Å². The van der Waals surface area contributed by atoms with Gasteiger partial charge in [0.2, 0.25) is 15.9 Å². The number of rotatable bonds is 11. The van der Waals surface area contributed by atoms with E-state index in [0.29, 0.717) is 5.69 Å². The van der Waals surface area contributed by atoms with E-state index in [1.54, 1.807) is 20.8 Å². The van der Waals surface area contributed by atoms with Gasteiger partial charge in [-0.3, -0.25) is 9.69 Å². The minimum atomic E-state index is -4.03. The molecule has 0 bridgehead atoms. The first-order valence-corrected chi connectivity index (χ1v) is 13.7. The van der Waals surface area contributed by atoms with Crippen LogP contribution in [-0.4, -0.2) is 70.6 Å². The molecule has 2 rings (SSSR count). The van der Waals surface area contributed by atoms with Crippen molar-refractivity contribution in [3.05, 3.63) is 60.2 Å². The van der Waals surface area contributed by atoms with E-state index in [2.05, 4.69) is 5.32 Å². The Hall–Kier alpha value is -2.95. The largest absolute Gasteiger partial charge is 0.465 e. The van der Waals surface area contributed by atoms with Gasteiger partial charge < -0.3 is 15.5 Å². The normalized spacial score (nSPS) is 13.9. The molecule has 2 aromatic rings.